The van der Waals surface area contributed by atoms with E-state index in [1.54, 1.807) is 30.0 Å². The minimum absolute atomic E-state index is 0.107. The second-order valence-electron chi connectivity index (χ2n) is 9.71. The number of methoxy groups -OCH3 is 4. The van der Waals surface area contributed by atoms with Gasteiger partial charge in [-0.2, -0.15) is 0 Å². The van der Waals surface area contributed by atoms with Crippen molar-refractivity contribution in [3.63, 3.8) is 0 Å². The summed E-state index contributed by atoms with van der Waals surface area (Å²) in [6, 6.07) is 5.25. The largest absolute Gasteiger partial charge is 0.494 e. The van der Waals surface area contributed by atoms with Gasteiger partial charge in [0.2, 0.25) is 5.91 Å². The monoisotopic (exact) mass is 649 g/mol. The molecule has 1 aromatic carbocycles. The third-order valence-electron chi connectivity index (χ3n) is 6.97. The number of hydrogen-bond acceptors (Lipinski definition) is 13. The molecule has 4 rings (SSSR count). The highest BCUT2D eigenvalue weighted by Crippen LogP contribution is 2.71. The number of nitrogens with zero attached hydrogens (tertiary/aromatic N) is 1. The molecule has 0 radical (unpaired) electrons. The van der Waals surface area contributed by atoms with Gasteiger partial charge in [-0.1, -0.05) is 42.2 Å². The van der Waals surface area contributed by atoms with Crippen LogP contribution >= 0.6 is 35.3 Å². The first kappa shape index (κ1) is 32.6. The summed E-state index contributed by atoms with van der Waals surface area (Å²) >= 11 is 2.73. The van der Waals surface area contributed by atoms with Gasteiger partial charge in [0.1, 0.15) is 24.5 Å². The average Bonchev–Trinajstić information content (AvgIpc) is 3.39. The topological polar surface area (TPSA) is 135 Å². The van der Waals surface area contributed by atoms with Crippen molar-refractivity contribution in [3.8, 4) is 5.75 Å². The number of fused-ring (bicyclic) bond motifs is 3. The number of rotatable bonds is 7. The van der Waals surface area contributed by atoms with Gasteiger partial charge in [0.25, 0.3) is 0 Å². The molecule has 0 atom stereocenters. The van der Waals surface area contributed by atoms with Crippen LogP contribution in [0.15, 0.2) is 43.4 Å². The maximum atomic E-state index is 13.7. The van der Waals surface area contributed by atoms with Crippen LogP contribution in [0.25, 0.3) is 5.57 Å². The van der Waals surface area contributed by atoms with Gasteiger partial charge in [-0.15, -0.1) is 0 Å². The van der Waals surface area contributed by atoms with E-state index in [1.165, 1.54) is 28.4 Å². The molecule has 11 nitrogen and oxygen atoms in total. The zero-order valence-corrected chi connectivity index (χ0v) is 27.4. The van der Waals surface area contributed by atoms with Crippen molar-refractivity contribution in [2.45, 2.75) is 43.7 Å². The molecule has 0 N–H and O–H groups in total. The molecule has 1 amide bonds. The van der Waals surface area contributed by atoms with E-state index < -0.39 is 33.5 Å². The second kappa shape index (κ2) is 12.3. The Bertz CT molecular complexity index is 1500. The number of benzene rings is 1. The smallest absolute Gasteiger partial charge is 0.345 e. The van der Waals surface area contributed by atoms with E-state index in [-0.39, 0.29) is 32.6 Å². The molecule has 0 saturated carbocycles. The van der Waals surface area contributed by atoms with Gasteiger partial charge >= 0.3 is 23.9 Å². The molecule has 3 aliphatic rings. The minimum Gasteiger partial charge on any atom is -0.494 e. The lowest BCUT2D eigenvalue weighted by molar-refractivity contribution is -0.138. The number of carbonyl (C=O) groups excluding carboxylic acids is 5. The summed E-state index contributed by atoms with van der Waals surface area (Å²) in [6.07, 6.45) is 0.186. The van der Waals surface area contributed by atoms with Crippen molar-refractivity contribution in [2.75, 3.05) is 39.9 Å². The van der Waals surface area contributed by atoms with Gasteiger partial charge in [0.05, 0.1) is 51.8 Å². The number of carbonyl (C=O) groups is 5. The van der Waals surface area contributed by atoms with Crippen LogP contribution in [0.5, 0.6) is 5.75 Å². The molecule has 1 aromatic rings. The van der Waals surface area contributed by atoms with Crippen molar-refractivity contribution in [3.05, 3.63) is 49.0 Å². The summed E-state index contributed by atoms with van der Waals surface area (Å²) < 4.78 is 24.5. The van der Waals surface area contributed by atoms with E-state index in [9.17, 15) is 24.0 Å². The summed E-state index contributed by atoms with van der Waals surface area (Å²) in [4.78, 5) is 68.7. The van der Waals surface area contributed by atoms with E-state index in [1.807, 2.05) is 20.8 Å². The first-order valence-corrected chi connectivity index (χ1v) is 15.6. The summed E-state index contributed by atoms with van der Waals surface area (Å²) in [5, 5.41) is 0. The molecule has 0 saturated heterocycles. The Kier molecular flexibility index (Phi) is 9.33. The fraction of sp³-hybridized carbons (Fsp3) is 0.414. The lowest BCUT2D eigenvalue weighted by atomic mass is 9.83. The maximum Gasteiger partial charge on any atom is 0.345 e. The van der Waals surface area contributed by atoms with Crippen LogP contribution in [0.4, 0.5) is 5.69 Å². The van der Waals surface area contributed by atoms with E-state index in [0.717, 1.165) is 35.3 Å². The van der Waals surface area contributed by atoms with E-state index in [0.29, 0.717) is 34.1 Å². The number of ether oxygens (including phenoxy) is 5. The molecule has 0 unspecified atom stereocenters. The Labute approximate surface area is 261 Å². The number of hydrogen-bond donors (Lipinski definition) is 0. The lowest BCUT2D eigenvalue weighted by Crippen LogP contribution is -2.53. The Morgan fingerprint density at radius 2 is 1.33 bits per heavy atom. The van der Waals surface area contributed by atoms with Gasteiger partial charge in [-0.3, -0.25) is 4.79 Å². The highest BCUT2D eigenvalue weighted by atomic mass is 32.2. The number of thioether (sulfide) groups is 3. The number of anilines is 1. The SMILES string of the molecule is CCOc1ccc2c(c1)C1=C(SC(C(=O)OC)=C(C(=O)OC)C13SC(C(=O)OC)=C(C(=O)OC)S3)C(C)(C)N2C(=O)CC. The molecule has 3 heterocycles. The predicted molar refractivity (Wildman–Crippen MR) is 164 cm³/mol. The first-order chi connectivity index (χ1) is 20.4. The van der Waals surface area contributed by atoms with Gasteiger partial charge in [-0.05, 0) is 39.0 Å². The first-order valence-electron chi connectivity index (χ1n) is 13.1. The van der Waals surface area contributed by atoms with Gasteiger partial charge < -0.3 is 28.6 Å². The van der Waals surface area contributed by atoms with E-state index in [2.05, 4.69) is 0 Å². The molecule has 0 fully saturated rings. The standard InChI is InChI=1S/C29H31NO10S3/c1-9-17(31)30-16-12-11-14(40-10-2)13-15(16)18-23(28(30,3)4)41-20(25(33)37-6)19(24(32)36-5)29(18)42-21(26(34)38-7)22(43-29)27(35)39-8/h11-13H,9-10H2,1-8H3. The summed E-state index contributed by atoms with van der Waals surface area (Å²) in [7, 11) is 4.68. The zero-order valence-electron chi connectivity index (χ0n) is 24.9. The molecular formula is C29H31NO10S3. The van der Waals surface area contributed by atoms with Crippen LogP contribution in [-0.4, -0.2) is 74.4 Å². The van der Waals surface area contributed by atoms with E-state index in [4.69, 9.17) is 23.7 Å². The fourth-order valence-electron chi connectivity index (χ4n) is 5.16. The van der Waals surface area contributed by atoms with E-state index >= 15 is 0 Å². The molecule has 1 spiro atoms. The molecule has 43 heavy (non-hydrogen) atoms. The van der Waals surface area contributed by atoms with Crippen LogP contribution in [0, 0.1) is 0 Å². The van der Waals surface area contributed by atoms with Gasteiger partial charge in [-0.25, -0.2) is 19.2 Å². The lowest BCUT2D eigenvalue weighted by Gasteiger charge is -2.50. The molecule has 14 heteroatoms. The second-order valence-corrected chi connectivity index (χ2v) is 13.4. The van der Waals surface area contributed by atoms with Gasteiger partial charge in [0.15, 0.2) is 0 Å². The summed E-state index contributed by atoms with van der Waals surface area (Å²) in [5.41, 5.74) is 0.316. The zero-order chi connectivity index (χ0) is 31.9. The molecule has 230 valence electrons. The third-order valence-corrected chi connectivity index (χ3v) is 11.6. The molecular weight excluding hydrogens is 619 g/mol. The van der Waals surface area contributed by atoms with Crippen LogP contribution < -0.4 is 9.64 Å². The molecule has 0 aromatic heterocycles. The molecule has 0 aliphatic carbocycles. The molecule has 3 aliphatic heterocycles. The van der Waals surface area contributed by atoms with Crippen molar-refractivity contribution in [1.82, 2.24) is 0 Å². The Morgan fingerprint density at radius 3 is 1.81 bits per heavy atom. The quantitative estimate of drug-likeness (QED) is 0.305. The normalized spacial score (nSPS) is 18.2. The van der Waals surface area contributed by atoms with Crippen LogP contribution in [0.2, 0.25) is 0 Å². The Morgan fingerprint density at radius 1 is 0.791 bits per heavy atom. The average molecular weight is 650 g/mol. The predicted octanol–water partition coefficient (Wildman–Crippen LogP) is 4.41. The van der Waals surface area contributed by atoms with Crippen LogP contribution in [-0.2, 0) is 42.9 Å². The summed E-state index contributed by atoms with van der Waals surface area (Å²) in [5.74, 6) is -3.07. The van der Waals surface area contributed by atoms with Crippen molar-refractivity contribution >= 4 is 76.3 Å². The van der Waals surface area contributed by atoms with Crippen molar-refractivity contribution in [1.29, 1.82) is 0 Å². The molecule has 0 bridgehead atoms. The van der Waals surface area contributed by atoms with Crippen LogP contribution in [0.3, 0.4) is 0 Å². The van der Waals surface area contributed by atoms with Crippen LogP contribution in [0.1, 0.15) is 39.7 Å². The third kappa shape index (κ3) is 5.12. The van der Waals surface area contributed by atoms with Gasteiger partial charge in [0, 0.05) is 22.5 Å². The Hall–Kier alpha value is -3.36. The highest BCUT2D eigenvalue weighted by molar-refractivity contribution is 8.26. The fourth-order valence-corrected chi connectivity index (χ4v) is 10.2. The maximum absolute atomic E-state index is 13.7. The summed E-state index contributed by atoms with van der Waals surface area (Å²) in [6.45, 7) is 7.59. The van der Waals surface area contributed by atoms with Crippen molar-refractivity contribution < 1.29 is 47.7 Å². The number of amides is 1. The highest BCUT2D eigenvalue weighted by Gasteiger charge is 2.61. The number of esters is 4. The Balaban J connectivity index is 2.20. The minimum atomic E-state index is -1.65. The van der Waals surface area contributed by atoms with Crippen molar-refractivity contribution in [2.24, 2.45) is 0 Å².